The summed E-state index contributed by atoms with van der Waals surface area (Å²) in [6, 6.07) is 12.1. The Hall–Kier alpha value is -1.16. The summed E-state index contributed by atoms with van der Waals surface area (Å²) in [5, 5.41) is 4.14. The summed E-state index contributed by atoms with van der Waals surface area (Å²) in [7, 11) is 0. The summed E-state index contributed by atoms with van der Waals surface area (Å²) >= 11 is 13.7. The van der Waals surface area contributed by atoms with Crippen LogP contribution in [0.25, 0.3) is 0 Å². The van der Waals surface area contributed by atoms with Crippen molar-refractivity contribution in [3.63, 3.8) is 0 Å². The zero-order valence-corrected chi connectivity index (χ0v) is 16.9. The van der Waals surface area contributed by atoms with E-state index in [0.717, 1.165) is 23.5 Å². The Bertz CT molecular complexity index is 734. The smallest absolute Gasteiger partial charge is 0.220 e. The molecule has 1 amide bonds. The standard InChI is InChI=1S/C20H23Cl2NOS/c1-14-3-4-16(11-15(14)2)6-8-20(24)23-9-10-25-13-17-5-7-18(21)19(22)12-17/h3-5,7,11-12H,6,8-10,13H2,1-2H3,(H,23,24). The van der Waals surface area contributed by atoms with Crippen LogP contribution in [0, 0.1) is 13.8 Å². The number of carbonyl (C=O) groups is 1. The fourth-order valence-electron chi connectivity index (χ4n) is 2.39. The van der Waals surface area contributed by atoms with Gasteiger partial charge in [-0.2, -0.15) is 11.8 Å². The number of aryl methyl sites for hydroxylation is 3. The Morgan fingerprint density at radius 3 is 2.48 bits per heavy atom. The molecule has 25 heavy (non-hydrogen) atoms. The maximum Gasteiger partial charge on any atom is 0.220 e. The zero-order valence-electron chi connectivity index (χ0n) is 14.6. The maximum atomic E-state index is 11.9. The van der Waals surface area contributed by atoms with Crippen LogP contribution in [0.3, 0.4) is 0 Å². The van der Waals surface area contributed by atoms with Crippen LogP contribution < -0.4 is 5.32 Å². The maximum absolute atomic E-state index is 11.9. The van der Waals surface area contributed by atoms with Crippen molar-refractivity contribution in [2.45, 2.75) is 32.4 Å². The second-order valence-electron chi connectivity index (χ2n) is 6.07. The van der Waals surface area contributed by atoms with Gasteiger partial charge in [0.1, 0.15) is 0 Å². The second-order valence-corrected chi connectivity index (χ2v) is 7.99. The summed E-state index contributed by atoms with van der Waals surface area (Å²) < 4.78 is 0. The SMILES string of the molecule is Cc1ccc(CCC(=O)NCCSCc2ccc(Cl)c(Cl)c2)cc1C. The molecule has 2 rings (SSSR count). The van der Waals surface area contributed by atoms with Gasteiger partial charge in [-0.1, -0.05) is 47.5 Å². The Labute approximate surface area is 164 Å². The molecule has 0 radical (unpaired) electrons. The molecule has 0 aromatic heterocycles. The molecule has 1 N–H and O–H groups in total. The highest BCUT2D eigenvalue weighted by atomic mass is 35.5. The number of rotatable bonds is 8. The highest BCUT2D eigenvalue weighted by Gasteiger charge is 2.04. The quantitative estimate of drug-likeness (QED) is 0.589. The molecule has 0 aliphatic rings. The summed E-state index contributed by atoms with van der Waals surface area (Å²) in [5.74, 6) is 1.83. The predicted molar refractivity (Wildman–Crippen MR) is 110 cm³/mol. The number of thioether (sulfide) groups is 1. The number of hydrogen-bond acceptors (Lipinski definition) is 2. The third kappa shape index (κ3) is 6.93. The van der Waals surface area contributed by atoms with E-state index >= 15 is 0 Å². The van der Waals surface area contributed by atoms with Crippen molar-refractivity contribution < 1.29 is 4.79 Å². The number of benzene rings is 2. The highest BCUT2D eigenvalue weighted by Crippen LogP contribution is 2.24. The fraction of sp³-hybridized carbons (Fsp3) is 0.350. The van der Waals surface area contributed by atoms with E-state index in [1.54, 1.807) is 11.8 Å². The third-order valence-corrected chi connectivity index (χ3v) is 5.80. The molecule has 5 heteroatoms. The zero-order chi connectivity index (χ0) is 18.2. The first-order valence-corrected chi connectivity index (χ1v) is 10.2. The van der Waals surface area contributed by atoms with E-state index in [9.17, 15) is 4.79 Å². The molecule has 2 aromatic carbocycles. The molecule has 0 aliphatic heterocycles. The van der Waals surface area contributed by atoms with Crippen molar-refractivity contribution in [1.29, 1.82) is 0 Å². The lowest BCUT2D eigenvalue weighted by Crippen LogP contribution is -2.25. The Kier molecular flexibility index (Phi) is 8.14. The topological polar surface area (TPSA) is 29.1 Å². The van der Waals surface area contributed by atoms with Crippen molar-refractivity contribution in [3.8, 4) is 0 Å². The molecule has 0 heterocycles. The first-order chi connectivity index (χ1) is 12.0. The lowest BCUT2D eigenvalue weighted by Gasteiger charge is -2.07. The number of halogens is 2. The van der Waals surface area contributed by atoms with E-state index in [2.05, 4.69) is 37.4 Å². The molecular formula is C20H23Cl2NOS. The fourth-order valence-corrected chi connectivity index (χ4v) is 3.51. The number of amides is 1. The Morgan fingerprint density at radius 1 is 1.00 bits per heavy atom. The predicted octanol–water partition coefficient (Wildman–Crippen LogP) is 5.59. The molecule has 0 spiro atoms. The van der Waals surface area contributed by atoms with Crippen LogP contribution in [-0.2, 0) is 17.0 Å². The first-order valence-electron chi connectivity index (χ1n) is 8.30. The molecular weight excluding hydrogens is 373 g/mol. The second kappa shape index (κ2) is 10.1. The highest BCUT2D eigenvalue weighted by molar-refractivity contribution is 7.98. The first kappa shape index (κ1) is 20.2. The molecule has 0 saturated heterocycles. The lowest BCUT2D eigenvalue weighted by atomic mass is 10.0. The van der Waals surface area contributed by atoms with Crippen LogP contribution in [0.15, 0.2) is 36.4 Å². The minimum Gasteiger partial charge on any atom is -0.355 e. The van der Waals surface area contributed by atoms with Gasteiger partial charge in [-0.05, 0) is 54.7 Å². The van der Waals surface area contributed by atoms with E-state index < -0.39 is 0 Å². The van der Waals surface area contributed by atoms with Gasteiger partial charge < -0.3 is 5.32 Å². The molecule has 0 atom stereocenters. The van der Waals surface area contributed by atoms with Gasteiger partial charge in [0.25, 0.3) is 0 Å². The minimum atomic E-state index is 0.105. The van der Waals surface area contributed by atoms with Gasteiger partial charge in [0.05, 0.1) is 10.0 Å². The van der Waals surface area contributed by atoms with E-state index in [4.69, 9.17) is 23.2 Å². The number of hydrogen-bond donors (Lipinski definition) is 1. The average Bonchev–Trinajstić information content (AvgIpc) is 2.58. The van der Waals surface area contributed by atoms with Crippen LogP contribution >= 0.6 is 35.0 Å². The van der Waals surface area contributed by atoms with Crippen molar-refractivity contribution in [2.24, 2.45) is 0 Å². The normalized spacial score (nSPS) is 10.7. The molecule has 0 unspecified atom stereocenters. The van der Waals surface area contributed by atoms with Gasteiger partial charge in [-0.25, -0.2) is 0 Å². The lowest BCUT2D eigenvalue weighted by molar-refractivity contribution is -0.120. The number of nitrogens with one attached hydrogen (secondary N) is 1. The van der Waals surface area contributed by atoms with Crippen molar-refractivity contribution in [2.75, 3.05) is 12.3 Å². The van der Waals surface area contributed by atoms with E-state index in [0.29, 0.717) is 23.0 Å². The van der Waals surface area contributed by atoms with Gasteiger partial charge in [0.15, 0.2) is 0 Å². The molecule has 0 bridgehead atoms. The van der Waals surface area contributed by atoms with Crippen molar-refractivity contribution in [1.82, 2.24) is 5.32 Å². The monoisotopic (exact) mass is 395 g/mol. The summed E-state index contributed by atoms with van der Waals surface area (Å²) in [4.78, 5) is 11.9. The van der Waals surface area contributed by atoms with E-state index in [-0.39, 0.29) is 5.91 Å². The Morgan fingerprint density at radius 2 is 1.76 bits per heavy atom. The third-order valence-electron chi connectivity index (χ3n) is 4.03. The molecule has 0 fully saturated rings. The van der Waals surface area contributed by atoms with Crippen LogP contribution in [-0.4, -0.2) is 18.2 Å². The molecule has 134 valence electrons. The summed E-state index contributed by atoms with van der Waals surface area (Å²) in [6.07, 6.45) is 1.31. The minimum absolute atomic E-state index is 0.105. The van der Waals surface area contributed by atoms with Crippen LogP contribution in [0.1, 0.15) is 28.7 Å². The largest absolute Gasteiger partial charge is 0.355 e. The molecule has 2 aromatic rings. The van der Waals surface area contributed by atoms with Crippen molar-refractivity contribution in [3.05, 3.63) is 68.7 Å². The van der Waals surface area contributed by atoms with Gasteiger partial charge in [-0.15, -0.1) is 0 Å². The van der Waals surface area contributed by atoms with Crippen molar-refractivity contribution >= 4 is 40.9 Å². The van der Waals surface area contributed by atoms with E-state index in [1.807, 2.05) is 18.2 Å². The molecule has 0 saturated carbocycles. The summed E-state index contributed by atoms with van der Waals surface area (Å²) in [5.41, 5.74) is 4.91. The van der Waals surface area contributed by atoms with Crippen LogP contribution in [0.4, 0.5) is 0 Å². The Balaban J connectivity index is 1.61. The molecule has 2 nitrogen and oxygen atoms in total. The van der Waals surface area contributed by atoms with Gasteiger partial charge in [-0.3, -0.25) is 4.79 Å². The van der Waals surface area contributed by atoms with Gasteiger partial charge in [0.2, 0.25) is 5.91 Å². The van der Waals surface area contributed by atoms with Crippen LogP contribution in [0.5, 0.6) is 0 Å². The number of carbonyl (C=O) groups excluding carboxylic acids is 1. The molecule has 0 aliphatic carbocycles. The summed E-state index contributed by atoms with van der Waals surface area (Å²) in [6.45, 7) is 4.88. The van der Waals surface area contributed by atoms with Gasteiger partial charge >= 0.3 is 0 Å². The average molecular weight is 396 g/mol. The van der Waals surface area contributed by atoms with Crippen LogP contribution in [0.2, 0.25) is 10.0 Å². The van der Waals surface area contributed by atoms with Gasteiger partial charge in [0, 0.05) is 24.5 Å². The van der Waals surface area contributed by atoms with E-state index in [1.165, 1.54) is 16.7 Å².